The van der Waals surface area contributed by atoms with Crippen LogP contribution in [0.4, 0.5) is 0 Å². The third kappa shape index (κ3) is 1.76. The highest BCUT2D eigenvalue weighted by atomic mass is 16.5. The van der Waals surface area contributed by atoms with Crippen LogP contribution in [0.2, 0.25) is 0 Å². The first kappa shape index (κ1) is 7.59. The molecule has 0 saturated heterocycles. The molecule has 12 heavy (non-hydrogen) atoms. The maximum Gasteiger partial charge on any atom is 0.213 e. The summed E-state index contributed by atoms with van der Waals surface area (Å²) in [7, 11) is 0. The number of hydrogen-bond acceptors (Lipinski definition) is 2. The smallest absolute Gasteiger partial charge is 0.213 e. The number of nitrogens with zero attached hydrogens (tertiary/aromatic N) is 1. The first-order valence-corrected chi connectivity index (χ1v) is 4.44. The van der Waals surface area contributed by atoms with Gasteiger partial charge in [-0.25, -0.2) is 4.98 Å². The Morgan fingerprint density at radius 3 is 2.92 bits per heavy atom. The minimum atomic E-state index is 0.333. The van der Waals surface area contributed by atoms with Crippen LogP contribution in [0.5, 0.6) is 5.88 Å². The molecule has 0 aliphatic heterocycles. The topological polar surface area (TPSA) is 22.1 Å². The molecule has 1 atom stereocenters. The molecular formula is C10H13NO. The number of rotatable bonds is 3. The SMILES string of the molecule is CC(Oc1ccccn1)C1CC1. The van der Waals surface area contributed by atoms with Gasteiger partial charge < -0.3 is 4.74 Å². The van der Waals surface area contributed by atoms with E-state index in [0.29, 0.717) is 6.10 Å². The molecule has 1 aliphatic rings. The van der Waals surface area contributed by atoms with Gasteiger partial charge in [0.25, 0.3) is 0 Å². The largest absolute Gasteiger partial charge is 0.474 e. The van der Waals surface area contributed by atoms with E-state index in [1.54, 1.807) is 6.20 Å². The summed E-state index contributed by atoms with van der Waals surface area (Å²) in [5.41, 5.74) is 0. The van der Waals surface area contributed by atoms with Crippen LogP contribution in [-0.4, -0.2) is 11.1 Å². The highest BCUT2D eigenvalue weighted by Gasteiger charge is 2.29. The number of aromatic nitrogens is 1. The van der Waals surface area contributed by atoms with E-state index < -0.39 is 0 Å². The molecule has 64 valence electrons. The summed E-state index contributed by atoms with van der Waals surface area (Å²) in [6, 6.07) is 5.75. The third-order valence-corrected chi connectivity index (χ3v) is 2.23. The fraction of sp³-hybridized carbons (Fsp3) is 0.500. The van der Waals surface area contributed by atoms with Crippen molar-refractivity contribution in [1.82, 2.24) is 4.98 Å². The van der Waals surface area contributed by atoms with E-state index in [4.69, 9.17) is 4.74 Å². The lowest BCUT2D eigenvalue weighted by Crippen LogP contribution is -2.14. The Hall–Kier alpha value is -1.05. The van der Waals surface area contributed by atoms with E-state index in [1.807, 2.05) is 18.2 Å². The van der Waals surface area contributed by atoms with E-state index in [-0.39, 0.29) is 0 Å². The van der Waals surface area contributed by atoms with Gasteiger partial charge in [0.05, 0.1) is 0 Å². The monoisotopic (exact) mass is 163 g/mol. The quantitative estimate of drug-likeness (QED) is 0.681. The molecule has 0 amide bonds. The second-order valence-corrected chi connectivity index (χ2v) is 3.33. The van der Waals surface area contributed by atoms with Gasteiger partial charge in [-0.15, -0.1) is 0 Å². The van der Waals surface area contributed by atoms with Crippen LogP contribution in [0.1, 0.15) is 19.8 Å². The van der Waals surface area contributed by atoms with E-state index >= 15 is 0 Å². The van der Waals surface area contributed by atoms with Crippen molar-refractivity contribution in [2.24, 2.45) is 5.92 Å². The van der Waals surface area contributed by atoms with Crippen molar-refractivity contribution in [1.29, 1.82) is 0 Å². The molecule has 2 nitrogen and oxygen atoms in total. The summed E-state index contributed by atoms with van der Waals surface area (Å²) in [4.78, 5) is 4.11. The zero-order valence-corrected chi connectivity index (χ0v) is 7.23. The van der Waals surface area contributed by atoms with Crippen LogP contribution >= 0.6 is 0 Å². The van der Waals surface area contributed by atoms with Gasteiger partial charge >= 0.3 is 0 Å². The second-order valence-electron chi connectivity index (χ2n) is 3.33. The van der Waals surface area contributed by atoms with Gasteiger partial charge in [0.15, 0.2) is 0 Å². The van der Waals surface area contributed by atoms with Gasteiger partial charge in [-0.3, -0.25) is 0 Å². The van der Waals surface area contributed by atoms with E-state index in [9.17, 15) is 0 Å². The fourth-order valence-electron chi connectivity index (χ4n) is 1.27. The third-order valence-electron chi connectivity index (χ3n) is 2.23. The summed E-state index contributed by atoms with van der Waals surface area (Å²) in [5, 5.41) is 0. The molecule has 0 aromatic carbocycles. The summed E-state index contributed by atoms with van der Waals surface area (Å²) < 4.78 is 5.63. The molecule has 0 radical (unpaired) electrons. The average molecular weight is 163 g/mol. The van der Waals surface area contributed by atoms with Crippen LogP contribution in [0.25, 0.3) is 0 Å². The van der Waals surface area contributed by atoms with E-state index in [0.717, 1.165) is 11.8 Å². The lowest BCUT2D eigenvalue weighted by atomic mass is 10.3. The Balaban J connectivity index is 1.94. The molecule has 1 aliphatic carbocycles. The predicted molar refractivity (Wildman–Crippen MR) is 47.1 cm³/mol. The molecular weight excluding hydrogens is 150 g/mol. The van der Waals surface area contributed by atoms with Crippen LogP contribution in [-0.2, 0) is 0 Å². The van der Waals surface area contributed by atoms with Crippen molar-refractivity contribution in [3.05, 3.63) is 24.4 Å². The Bertz CT molecular complexity index is 243. The normalized spacial score (nSPS) is 18.8. The van der Waals surface area contributed by atoms with Crippen molar-refractivity contribution in [2.45, 2.75) is 25.9 Å². The van der Waals surface area contributed by atoms with E-state index in [1.165, 1.54) is 12.8 Å². The lowest BCUT2D eigenvalue weighted by molar-refractivity contribution is 0.190. The summed E-state index contributed by atoms with van der Waals surface area (Å²) in [5.74, 6) is 1.52. The molecule has 0 spiro atoms. The average Bonchev–Trinajstić information content (AvgIpc) is 2.88. The minimum Gasteiger partial charge on any atom is -0.474 e. The van der Waals surface area contributed by atoms with Crippen molar-refractivity contribution < 1.29 is 4.74 Å². The standard InChI is InChI=1S/C10H13NO/c1-8(9-5-6-9)12-10-4-2-3-7-11-10/h2-4,7-9H,5-6H2,1H3. The number of pyridine rings is 1. The highest BCUT2D eigenvalue weighted by Crippen LogP contribution is 2.34. The molecule has 0 bridgehead atoms. The zero-order valence-electron chi connectivity index (χ0n) is 7.23. The predicted octanol–water partition coefficient (Wildman–Crippen LogP) is 2.26. The van der Waals surface area contributed by atoms with Gasteiger partial charge in [-0.05, 0) is 31.7 Å². The number of hydrogen-bond donors (Lipinski definition) is 0. The molecule has 2 heteroatoms. The van der Waals surface area contributed by atoms with Crippen molar-refractivity contribution in [3.8, 4) is 5.88 Å². The van der Waals surface area contributed by atoms with E-state index in [2.05, 4.69) is 11.9 Å². The summed E-state index contributed by atoms with van der Waals surface area (Å²) >= 11 is 0. The molecule has 0 N–H and O–H groups in total. The van der Waals surface area contributed by atoms with Gasteiger partial charge in [-0.2, -0.15) is 0 Å². The molecule has 1 heterocycles. The second kappa shape index (κ2) is 3.13. The van der Waals surface area contributed by atoms with Crippen molar-refractivity contribution in [2.75, 3.05) is 0 Å². The Labute approximate surface area is 72.6 Å². The summed E-state index contributed by atoms with van der Waals surface area (Å²) in [6.45, 7) is 2.12. The highest BCUT2D eigenvalue weighted by molar-refractivity contribution is 5.09. The first-order valence-electron chi connectivity index (χ1n) is 4.44. The molecule has 1 saturated carbocycles. The molecule has 1 unspecified atom stereocenters. The summed E-state index contributed by atoms with van der Waals surface area (Å²) in [6.07, 6.45) is 4.72. The molecule has 1 fully saturated rings. The van der Waals surface area contributed by atoms with Crippen LogP contribution in [0, 0.1) is 5.92 Å². The Morgan fingerprint density at radius 2 is 2.33 bits per heavy atom. The maximum atomic E-state index is 5.63. The first-order chi connectivity index (χ1) is 5.86. The number of ether oxygens (including phenoxy) is 1. The van der Waals surface area contributed by atoms with Gasteiger partial charge in [0.2, 0.25) is 5.88 Å². The zero-order chi connectivity index (χ0) is 8.39. The minimum absolute atomic E-state index is 0.333. The van der Waals surface area contributed by atoms with Crippen molar-refractivity contribution >= 4 is 0 Å². The molecule has 1 aromatic heterocycles. The molecule has 2 rings (SSSR count). The van der Waals surface area contributed by atoms with Crippen LogP contribution in [0.15, 0.2) is 24.4 Å². The Morgan fingerprint density at radius 1 is 1.50 bits per heavy atom. The van der Waals surface area contributed by atoms with Crippen LogP contribution in [0.3, 0.4) is 0 Å². The fourth-order valence-corrected chi connectivity index (χ4v) is 1.27. The lowest BCUT2D eigenvalue weighted by Gasteiger charge is -2.11. The van der Waals surface area contributed by atoms with Crippen LogP contribution < -0.4 is 4.74 Å². The van der Waals surface area contributed by atoms with Crippen molar-refractivity contribution in [3.63, 3.8) is 0 Å². The van der Waals surface area contributed by atoms with Gasteiger partial charge in [0.1, 0.15) is 6.10 Å². The van der Waals surface area contributed by atoms with Gasteiger partial charge in [-0.1, -0.05) is 6.07 Å². The molecule has 1 aromatic rings. The van der Waals surface area contributed by atoms with Gasteiger partial charge in [0, 0.05) is 12.3 Å². The Kier molecular flexibility index (Phi) is 1.98. The maximum absolute atomic E-state index is 5.63.